The normalized spacial score (nSPS) is 16.5. The lowest BCUT2D eigenvalue weighted by molar-refractivity contribution is 0.449. The Morgan fingerprint density at radius 1 is 0.468 bits per heavy atom. The maximum atomic E-state index is 4.82. The molecule has 0 aliphatic carbocycles. The van der Waals surface area contributed by atoms with E-state index in [0.717, 1.165) is 40.3 Å². The highest BCUT2D eigenvalue weighted by atomic mass is 32.1. The van der Waals surface area contributed by atoms with Crippen molar-refractivity contribution in [2.75, 3.05) is 0 Å². The third-order valence-corrected chi connectivity index (χ3v) is 24.8. The molecule has 0 aromatic carbocycles. The van der Waals surface area contributed by atoms with Crippen molar-refractivity contribution in [1.29, 1.82) is 0 Å². The first kappa shape index (κ1) is 50.9. The quantitative estimate of drug-likeness (QED) is 0.0492. The van der Waals surface area contributed by atoms with Crippen LogP contribution in [-0.4, -0.2) is 28.5 Å². The number of thiophene rings is 4. The first-order valence-electron chi connectivity index (χ1n) is 24.7. The van der Waals surface area contributed by atoms with E-state index < -0.39 is 8.07 Å². The Kier molecular flexibility index (Phi) is 20.1. The van der Waals surface area contributed by atoms with Gasteiger partial charge in [-0.25, -0.2) is 0 Å². The molecule has 6 rings (SSSR count). The Bertz CT molecular complexity index is 2070. The Hall–Kier alpha value is -2.04. The van der Waals surface area contributed by atoms with Crippen LogP contribution in [0.1, 0.15) is 186 Å². The molecule has 4 atom stereocenters. The molecule has 4 nitrogen and oxygen atoms in total. The number of nitrogens with zero attached hydrogens (tertiary/aromatic N) is 4. The van der Waals surface area contributed by atoms with Crippen LogP contribution in [0.2, 0.25) is 12.1 Å². The van der Waals surface area contributed by atoms with Crippen molar-refractivity contribution in [3.63, 3.8) is 0 Å². The van der Waals surface area contributed by atoms with Gasteiger partial charge < -0.3 is 0 Å². The summed E-state index contributed by atoms with van der Waals surface area (Å²) in [6, 6.07) is 13.0. The topological polar surface area (TPSA) is 51.6 Å². The maximum Gasteiger partial charge on any atom is 0.213 e. The minimum atomic E-state index is -2.04. The number of rotatable bonds is 27. The van der Waals surface area contributed by atoms with Crippen molar-refractivity contribution in [3.8, 4) is 40.9 Å². The van der Waals surface area contributed by atoms with E-state index in [1.807, 2.05) is 11.3 Å². The monoisotopic (exact) mass is 931 g/mol. The van der Waals surface area contributed by atoms with Gasteiger partial charge in [0.15, 0.2) is 0 Å². The van der Waals surface area contributed by atoms with E-state index in [2.05, 4.69) is 116 Å². The zero-order valence-electron chi connectivity index (χ0n) is 39.7. The van der Waals surface area contributed by atoms with Gasteiger partial charge in [-0.15, -0.1) is 65.7 Å². The molecule has 0 bridgehead atoms. The fourth-order valence-corrected chi connectivity index (χ4v) is 22.8. The van der Waals surface area contributed by atoms with Crippen LogP contribution in [0, 0.1) is 37.5 Å². The lowest BCUT2D eigenvalue weighted by atomic mass is 9.92. The molecule has 0 N–H and O–H groups in total. The van der Waals surface area contributed by atoms with Crippen LogP contribution in [0.5, 0.6) is 0 Å². The van der Waals surface area contributed by atoms with Gasteiger partial charge in [-0.05, 0) is 108 Å². The Morgan fingerprint density at radius 3 is 1.39 bits per heavy atom. The first-order valence-corrected chi connectivity index (χ1v) is 30.4. The molecule has 1 aliphatic rings. The average molecular weight is 932 g/mol. The molecule has 5 aromatic heterocycles. The standard InChI is InChI=1S/C52H78N4S4Si.CH4/c1-11-19-23-37(15-5)28-41-30-44(58-36(41)10)51-53-55-52(56-54-51)45-31-42(29-38(16-6)24-20-12-2)48(60-45)43-32-47-50(59-43)49-46(27-35(9)57-49)61(47,33-39(17-7)25-21-13-3)34-40(18-8)26-22-14-4;/h27,30-32,37-40H,11-26,28-29,33-34H2,1-10H3;1H4. The number of aromatic nitrogens is 4. The SMILES string of the molecule is C.CCCCC(CC)Cc1cc(-c2nnc(-c3cc(CC(CC)CCCC)c(-c4cc5c(s4)-c4sc(C)cc4[Si]5(CC(CC)CCCC)CC(CC)CCCC)s3)nn2)sc1C. The van der Waals surface area contributed by atoms with Crippen LogP contribution in [0.3, 0.4) is 0 Å². The van der Waals surface area contributed by atoms with E-state index in [1.165, 1.54) is 145 Å². The van der Waals surface area contributed by atoms with E-state index in [0.29, 0.717) is 17.6 Å². The number of fused-ring (bicyclic) bond motifs is 3. The van der Waals surface area contributed by atoms with E-state index >= 15 is 0 Å². The molecule has 0 radical (unpaired) electrons. The lowest BCUT2D eigenvalue weighted by Gasteiger charge is -2.35. The van der Waals surface area contributed by atoms with Gasteiger partial charge in [-0.2, -0.15) is 0 Å². The molecule has 9 heteroatoms. The molecule has 342 valence electrons. The van der Waals surface area contributed by atoms with Crippen LogP contribution >= 0.6 is 45.3 Å². The molecule has 6 heterocycles. The lowest BCUT2D eigenvalue weighted by Crippen LogP contribution is -2.56. The average Bonchev–Trinajstić information content (AvgIpc) is 4.10. The second-order valence-electron chi connectivity index (χ2n) is 18.7. The van der Waals surface area contributed by atoms with Crippen molar-refractivity contribution in [2.45, 2.75) is 204 Å². The van der Waals surface area contributed by atoms with Gasteiger partial charge >= 0.3 is 0 Å². The summed E-state index contributed by atoms with van der Waals surface area (Å²) in [5, 5.41) is 22.7. The van der Waals surface area contributed by atoms with E-state index in [-0.39, 0.29) is 7.43 Å². The summed E-state index contributed by atoms with van der Waals surface area (Å²) in [7, 11) is -2.04. The highest BCUT2D eigenvalue weighted by Crippen LogP contribution is 2.50. The van der Waals surface area contributed by atoms with Crippen molar-refractivity contribution in [1.82, 2.24) is 20.4 Å². The Labute approximate surface area is 395 Å². The molecular formula is C53H82N4S4Si. The second kappa shape index (κ2) is 24.5. The number of aryl methyl sites for hydroxylation is 2. The van der Waals surface area contributed by atoms with Gasteiger partial charge in [0.05, 0.1) is 9.75 Å². The molecule has 1 aliphatic heterocycles. The van der Waals surface area contributed by atoms with E-state index in [1.54, 1.807) is 31.5 Å². The van der Waals surface area contributed by atoms with Gasteiger partial charge in [0, 0.05) is 29.3 Å². The van der Waals surface area contributed by atoms with Crippen molar-refractivity contribution >= 4 is 63.8 Å². The second-order valence-corrected chi connectivity index (χ2v) is 27.4. The third-order valence-electron chi connectivity index (χ3n) is 14.3. The predicted molar refractivity (Wildman–Crippen MR) is 282 cm³/mol. The Balaban J connectivity index is 0.00000726. The summed E-state index contributed by atoms with van der Waals surface area (Å²) >= 11 is 7.89. The minimum absolute atomic E-state index is 0. The summed E-state index contributed by atoms with van der Waals surface area (Å²) in [5.41, 5.74) is 2.91. The molecule has 0 fully saturated rings. The minimum Gasteiger partial charge on any atom is -0.140 e. The smallest absolute Gasteiger partial charge is 0.140 e. The fraction of sp³-hybridized carbons (Fsp3) is 0.660. The molecule has 0 saturated heterocycles. The number of unbranched alkanes of at least 4 members (excludes halogenated alkanes) is 4. The molecule has 0 saturated carbocycles. The summed E-state index contributed by atoms with van der Waals surface area (Å²) in [5.74, 6) is 4.32. The first-order chi connectivity index (χ1) is 29.6. The third kappa shape index (κ3) is 11.9. The molecular weight excluding hydrogens is 849 g/mol. The highest BCUT2D eigenvalue weighted by Gasteiger charge is 2.49. The molecule has 5 aromatic rings. The van der Waals surface area contributed by atoms with Gasteiger partial charge in [0.2, 0.25) is 11.6 Å². The van der Waals surface area contributed by atoms with E-state index in [4.69, 9.17) is 20.4 Å². The number of hydrogen-bond donors (Lipinski definition) is 0. The van der Waals surface area contributed by atoms with Crippen LogP contribution in [0.4, 0.5) is 0 Å². The summed E-state index contributed by atoms with van der Waals surface area (Å²) in [4.78, 5) is 11.2. The van der Waals surface area contributed by atoms with Gasteiger partial charge in [0.25, 0.3) is 0 Å². The van der Waals surface area contributed by atoms with E-state index in [9.17, 15) is 0 Å². The van der Waals surface area contributed by atoms with Crippen molar-refractivity contribution in [3.05, 3.63) is 45.1 Å². The summed E-state index contributed by atoms with van der Waals surface area (Å²) in [6.45, 7) is 23.7. The van der Waals surface area contributed by atoms with Crippen LogP contribution in [0.15, 0.2) is 24.3 Å². The zero-order valence-corrected chi connectivity index (χ0v) is 43.9. The van der Waals surface area contributed by atoms with Crippen molar-refractivity contribution in [2.24, 2.45) is 23.7 Å². The predicted octanol–water partition coefficient (Wildman–Crippen LogP) is 17.3. The van der Waals surface area contributed by atoms with Crippen LogP contribution in [0.25, 0.3) is 40.9 Å². The molecule has 62 heavy (non-hydrogen) atoms. The van der Waals surface area contributed by atoms with Crippen molar-refractivity contribution < 1.29 is 0 Å². The van der Waals surface area contributed by atoms with Gasteiger partial charge in [0.1, 0.15) is 8.07 Å². The highest BCUT2D eigenvalue weighted by molar-refractivity contribution is 7.32. The number of hydrogen-bond acceptors (Lipinski definition) is 8. The van der Waals surface area contributed by atoms with Gasteiger partial charge in [-0.1, -0.05) is 166 Å². The summed E-state index contributed by atoms with van der Waals surface area (Å²) < 4.78 is 0. The fourth-order valence-electron chi connectivity index (χ4n) is 10.3. The van der Waals surface area contributed by atoms with Crippen LogP contribution < -0.4 is 10.4 Å². The maximum absolute atomic E-state index is 4.82. The van der Waals surface area contributed by atoms with Gasteiger partial charge in [-0.3, -0.25) is 0 Å². The van der Waals surface area contributed by atoms with Crippen LogP contribution in [-0.2, 0) is 12.8 Å². The largest absolute Gasteiger partial charge is 0.213 e. The molecule has 4 unspecified atom stereocenters. The Morgan fingerprint density at radius 2 is 0.887 bits per heavy atom. The zero-order chi connectivity index (χ0) is 43.5. The molecule has 0 amide bonds. The molecule has 0 spiro atoms. The summed E-state index contributed by atoms with van der Waals surface area (Å²) in [6.07, 6.45) is 23.0.